The van der Waals surface area contributed by atoms with Gasteiger partial charge in [-0.2, -0.15) is 8.78 Å². The van der Waals surface area contributed by atoms with Crippen LogP contribution in [0.15, 0.2) is 59.6 Å². The number of nitrogens with one attached hydrogen (secondary N) is 1. The Bertz CT molecular complexity index is 878. The number of hydrogen-bond acceptors (Lipinski definition) is 5. The van der Waals surface area contributed by atoms with Crippen molar-refractivity contribution in [1.29, 1.82) is 0 Å². The number of anilines is 1. The summed E-state index contributed by atoms with van der Waals surface area (Å²) >= 11 is 1.12. The van der Waals surface area contributed by atoms with Crippen LogP contribution in [0.2, 0.25) is 0 Å². The van der Waals surface area contributed by atoms with Crippen LogP contribution in [0.25, 0.3) is 0 Å². The molecule has 146 valence electrons. The number of rotatable bonds is 7. The van der Waals surface area contributed by atoms with Gasteiger partial charge in [-0.25, -0.2) is 0 Å². The van der Waals surface area contributed by atoms with Gasteiger partial charge >= 0.3 is 6.61 Å². The van der Waals surface area contributed by atoms with Gasteiger partial charge in [-0.05, 0) is 17.7 Å². The molecule has 0 spiro atoms. The standard InChI is InChI=1S/C19H17F2N3O3S/c20-18(21)27-15-9-5-4-8-14(15)23-16(25)12-28-19-22-10-17(26)24(19)11-13-6-2-1-3-7-13/h1-9,18H,10-12H2,(H,23,25). The normalized spacial score (nSPS) is 13.6. The molecule has 1 aliphatic rings. The predicted molar refractivity (Wildman–Crippen MR) is 103 cm³/mol. The summed E-state index contributed by atoms with van der Waals surface area (Å²) in [5, 5.41) is 3.00. The number of carbonyl (C=O) groups is 2. The zero-order chi connectivity index (χ0) is 19.9. The summed E-state index contributed by atoms with van der Waals surface area (Å²) in [6, 6.07) is 15.4. The van der Waals surface area contributed by atoms with E-state index in [4.69, 9.17) is 0 Å². The zero-order valence-corrected chi connectivity index (χ0v) is 15.5. The van der Waals surface area contributed by atoms with E-state index in [0.29, 0.717) is 11.7 Å². The van der Waals surface area contributed by atoms with E-state index in [1.165, 1.54) is 23.1 Å². The number of nitrogens with zero attached hydrogens (tertiary/aromatic N) is 2. The monoisotopic (exact) mass is 405 g/mol. The maximum Gasteiger partial charge on any atom is 0.387 e. The largest absolute Gasteiger partial charge is 0.433 e. The second-order valence-corrected chi connectivity index (χ2v) is 6.72. The minimum atomic E-state index is -2.99. The lowest BCUT2D eigenvalue weighted by Gasteiger charge is -2.18. The summed E-state index contributed by atoms with van der Waals surface area (Å²) in [6.45, 7) is -2.57. The quantitative estimate of drug-likeness (QED) is 0.767. The predicted octanol–water partition coefficient (Wildman–Crippen LogP) is 3.36. The smallest absolute Gasteiger partial charge is 0.387 e. The average molecular weight is 405 g/mol. The summed E-state index contributed by atoms with van der Waals surface area (Å²) in [6.07, 6.45) is 0. The van der Waals surface area contributed by atoms with E-state index < -0.39 is 12.5 Å². The molecule has 1 aliphatic heterocycles. The van der Waals surface area contributed by atoms with Crippen LogP contribution in [-0.2, 0) is 16.1 Å². The van der Waals surface area contributed by atoms with Gasteiger partial charge in [0.25, 0.3) is 5.91 Å². The van der Waals surface area contributed by atoms with E-state index in [1.807, 2.05) is 30.3 Å². The van der Waals surface area contributed by atoms with E-state index in [0.717, 1.165) is 17.3 Å². The molecule has 2 aromatic carbocycles. The Morgan fingerprint density at radius 3 is 2.64 bits per heavy atom. The molecule has 0 aromatic heterocycles. The molecule has 3 rings (SSSR count). The van der Waals surface area contributed by atoms with Crippen molar-refractivity contribution in [3.63, 3.8) is 0 Å². The first-order chi connectivity index (χ1) is 13.5. The molecule has 0 bridgehead atoms. The molecule has 2 amide bonds. The third-order valence-corrected chi connectivity index (χ3v) is 4.79. The Morgan fingerprint density at radius 1 is 1.18 bits per heavy atom. The van der Waals surface area contributed by atoms with Gasteiger partial charge in [-0.3, -0.25) is 19.5 Å². The molecule has 0 saturated carbocycles. The number of para-hydroxylation sites is 2. The number of halogens is 2. The van der Waals surface area contributed by atoms with Crippen molar-refractivity contribution in [1.82, 2.24) is 4.90 Å². The molecule has 0 aliphatic carbocycles. The Hall–Kier alpha value is -2.94. The lowest BCUT2D eigenvalue weighted by atomic mass is 10.2. The summed E-state index contributed by atoms with van der Waals surface area (Å²) in [5.41, 5.74) is 1.10. The van der Waals surface area contributed by atoms with Gasteiger partial charge in [0.05, 0.1) is 18.0 Å². The van der Waals surface area contributed by atoms with Crippen molar-refractivity contribution in [3.8, 4) is 5.75 Å². The third-order valence-electron chi connectivity index (χ3n) is 3.77. The molecule has 1 heterocycles. The second-order valence-electron chi connectivity index (χ2n) is 5.78. The molecule has 0 radical (unpaired) electrons. The number of aliphatic imine (C=N–C) groups is 1. The first kappa shape index (κ1) is 19.8. The van der Waals surface area contributed by atoms with Gasteiger partial charge in [0, 0.05) is 0 Å². The summed E-state index contributed by atoms with van der Waals surface area (Å²) in [7, 11) is 0. The topological polar surface area (TPSA) is 71.0 Å². The first-order valence-electron chi connectivity index (χ1n) is 8.38. The Labute approximate surface area is 164 Å². The molecule has 0 atom stereocenters. The van der Waals surface area contributed by atoms with Crippen LogP contribution in [0.4, 0.5) is 14.5 Å². The van der Waals surface area contributed by atoms with E-state index >= 15 is 0 Å². The average Bonchev–Trinajstić information content (AvgIpc) is 3.02. The number of carbonyl (C=O) groups excluding carboxylic acids is 2. The highest BCUT2D eigenvalue weighted by Crippen LogP contribution is 2.26. The second kappa shape index (κ2) is 9.32. The van der Waals surface area contributed by atoms with Crippen molar-refractivity contribution < 1.29 is 23.1 Å². The highest BCUT2D eigenvalue weighted by atomic mass is 32.2. The summed E-state index contributed by atoms with van der Waals surface area (Å²) < 4.78 is 29.3. The Balaban J connectivity index is 1.57. The van der Waals surface area contributed by atoms with Crippen LogP contribution < -0.4 is 10.1 Å². The number of alkyl halides is 2. The molecule has 9 heteroatoms. The van der Waals surface area contributed by atoms with Crippen LogP contribution in [0.3, 0.4) is 0 Å². The number of thioether (sulfide) groups is 1. The van der Waals surface area contributed by atoms with Crippen LogP contribution in [-0.4, -0.2) is 40.8 Å². The molecule has 1 N–H and O–H groups in total. The summed E-state index contributed by atoms with van der Waals surface area (Å²) in [4.78, 5) is 30.0. The number of amidine groups is 1. The van der Waals surface area contributed by atoms with Crippen LogP contribution in [0.5, 0.6) is 5.75 Å². The Morgan fingerprint density at radius 2 is 1.89 bits per heavy atom. The number of amides is 2. The molecule has 0 saturated heterocycles. The minimum absolute atomic E-state index is 0.0274. The van der Waals surface area contributed by atoms with E-state index in [9.17, 15) is 18.4 Å². The molecule has 2 aromatic rings. The van der Waals surface area contributed by atoms with Gasteiger partial charge in [0.2, 0.25) is 5.91 Å². The lowest BCUT2D eigenvalue weighted by molar-refractivity contribution is -0.125. The fraction of sp³-hybridized carbons (Fsp3) is 0.211. The van der Waals surface area contributed by atoms with Gasteiger partial charge in [-0.1, -0.05) is 54.2 Å². The number of ether oxygens (including phenoxy) is 1. The van der Waals surface area contributed by atoms with Crippen molar-refractivity contribution in [2.24, 2.45) is 4.99 Å². The van der Waals surface area contributed by atoms with Crippen LogP contribution in [0.1, 0.15) is 5.56 Å². The molecular formula is C19H17F2N3O3S. The fourth-order valence-corrected chi connectivity index (χ4v) is 3.35. The minimum Gasteiger partial charge on any atom is -0.433 e. The molecular weight excluding hydrogens is 388 g/mol. The zero-order valence-electron chi connectivity index (χ0n) is 14.7. The van der Waals surface area contributed by atoms with Crippen molar-refractivity contribution in [3.05, 3.63) is 60.2 Å². The van der Waals surface area contributed by atoms with Crippen LogP contribution in [0, 0.1) is 0 Å². The molecule has 28 heavy (non-hydrogen) atoms. The maximum absolute atomic E-state index is 12.5. The first-order valence-corrected chi connectivity index (χ1v) is 9.36. The Kier molecular flexibility index (Phi) is 6.59. The highest BCUT2D eigenvalue weighted by molar-refractivity contribution is 8.14. The van der Waals surface area contributed by atoms with E-state index in [2.05, 4.69) is 15.0 Å². The van der Waals surface area contributed by atoms with E-state index in [1.54, 1.807) is 6.07 Å². The van der Waals surface area contributed by atoms with Crippen LogP contribution >= 0.6 is 11.8 Å². The fourth-order valence-electron chi connectivity index (χ4n) is 2.54. The van der Waals surface area contributed by atoms with Gasteiger partial charge in [0.15, 0.2) is 5.17 Å². The van der Waals surface area contributed by atoms with Gasteiger partial charge in [-0.15, -0.1) is 0 Å². The van der Waals surface area contributed by atoms with Crippen molar-refractivity contribution in [2.45, 2.75) is 13.2 Å². The van der Waals surface area contributed by atoms with E-state index in [-0.39, 0.29) is 29.6 Å². The number of benzene rings is 2. The summed E-state index contributed by atoms with van der Waals surface area (Å²) in [5.74, 6) is -0.699. The van der Waals surface area contributed by atoms with Gasteiger partial charge < -0.3 is 10.1 Å². The number of hydrogen-bond donors (Lipinski definition) is 1. The lowest BCUT2D eigenvalue weighted by Crippen LogP contribution is -2.31. The van der Waals surface area contributed by atoms with Crippen molar-refractivity contribution >= 4 is 34.4 Å². The maximum atomic E-state index is 12.5. The molecule has 0 unspecified atom stereocenters. The molecule has 6 nitrogen and oxygen atoms in total. The molecule has 0 fully saturated rings. The van der Waals surface area contributed by atoms with Crippen molar-refractivity contribution in [2.75, 3.05) is 17.6 Å². The SMILES string of the molecule is O=C(CSC1=NCC(=O)N1Cc1ccccc1)Nc1ccccc1OC(F)F. The third kappa shape index (κ3) is 5.29. The van der Waals surface area contributed by atoms with Gasteiger partial charge in [0.1, 0.15) is 12.3 Å². The highest BCUT2D eigenvalue weighted by Gasteiger charge is 2.26.